The number of carbonyl (C=O) groups excluding carboxylic acids is 1. The number of nitrogens with two attached hydrogens (primary N) is 1. The molecule has 2 N–H and O–H groups in total. The van der Waals surface area contributed by atoms with Gasteiger partial charge < -0.3 is 4.74 Å². The van der Waals surface area contributed by atoms with Crippen molar-refractivity contribution >= 4 is 23.5 Å². The van der Waals surface area contributed by atoms with Gasteiger partial charge in [-0.25, -0.2) is 20.6 Å². The fraction of sp³-hybridized carbons (Fsp3) is 0. The van der Waals surface area contributed by atoms with Gasteiger partial charge >= 0.3 is 6.09 Å². The first kappa shape index (κ1) is 12.3. The fourth-order valence-electron chi connectivity index (χ4n) is 1.16. The Hall–Kier alpha value is -2.18. The second-order valence-electron chi connectivity index (χ2n) is 3.25. The second kappa shape index (κ2) is 5.44. The smallest absolute Gasteiger partial charge is 0.409 e. The number of para-hydroxylation sites is 1. The zero-order chi connectivity index (χ0) is 13.0. The number of ether oxygens (including phenoxy) is 1. The minimum atomic E-state index is -0.766. The molecule has 0 spiro atoms. The second-order valence-corrected chi connectivity index (χ2v) is 3.64. The number of anilines is 1. The number of amides is 1. The highest BCUT2D eigenvalue weighted by Gasteiger charge is 2.15. The van der Waals surface area contributed by atoms with Crippen LogP contribution in [0.1, 0.15) is 0 Å². The summed E-state index contributed by atoms with van der Waals surface area (Å²) in [6.45, 7) is 0. The molecule has 1 heterocycles. The van der Waals surface area contributed by atoms with E-state index in [1.807, 2.05) is 6.07 Å². The molecular formula is C11H9ClN4O2. The lowest BCUT2D eigenvalue weighted by Gasteiger charge is -2.14. The highest BCUT2D eigenvalue weighted by atomic mass is 35.5. The third kappa shape index (κ3) is 2.93. The van der Waals surface area contributed by atoms with E-state index >= 15 is 0 Å². The van der Waals surface area contributed by atoms with Crippen molar-refractivity contribution in [3.63, 3.8) is 0 Å². The largest absolute Gasteiger partial charge is 0.435 e. The van der Waals surface area contributed by atoms with Gasteiger partial charge in [-0.15, -0.1) is 0 Å². The lowest BCUT2D eigenvalue weighted by molar-refractivity contribution is 0.207. The van der Waals surface area contributed by atoms with E-state index in [0.717, 1.165) is 5.01 Å². The van der Waals surface area contributed by atoms with Crippen molar-refractivity contribution in [3.8, 4) is 5.75 Å². The summed E-state index contributed by atoms with van der Waals surface area (Å²) >= 11 is 5.58. The summed E-state index contributed by atoms with van der Waals surface area (Å²) in [5, 5.41) is 0.958. The minimum Gasteiger partial charge on any atom is -0.409 e. The molecule has 92 valence electrons. The van der Waals surface area contributed by atoms with Crippen LogP contribution in [0.15, 0.2) is 42.7 Å². The van der Waals surface area contributed by atoms with Gasteiger partial charge in [-0.2, -0.15) is 5.01 Å². The van der Waals surface area contributed by atoms with Gasteiger partial charge in [-0.3, -0.25) is 0 Å². The molecule has 0 fully saturated rings. The first-order valence-electron chi connectivity index (χ1n) is 4.96. The van der Waals surface area contributed by atoms with E-state index in [2.05, 4.69) is 9.97 Å². The molecule has 0 bridgehead atoms. The molecule has 1 aromatic carbocycles. The first-order valence-corrected chi connectivity index (χ1v) is 5.34. The molecule has 18 heavy (non-hydrogen) atoms. The fourth-order valence-corrected chi connectivity index (χ4v) is 1.26. The monoisotopic (exact) mass is 264 g/mol. The Bertz CT molecular complexity index is 532. The average Bonchev–Trinajstić information content (AvgIpc) is 2.40. The summed E-state index contributed by atoms with van der Waals surface area (Å²) in [6.07, 6.45) is 1.79. The quantitative estimate of drug-likeness (QED) is 0.510. The summed E-state index contributed by atoms with van der Waals surface area (Å²) in [5.74, 6) is 6.08. The first-order chi connectivity index (χ1) is 8.66. The van der Waals surface area contributed by atoms with Gasteiger partial charge in [-0.1, -0.05) is 29.8 Å². The van der Waals surface area contributed by atoms with Crippen molar-refractivity contribution in [2.45, 2.75) is 0 Å². The van der Waals surface area contributed by atoms with E-state index in [9.17, 15) is 4.79 Å². The molecule has 0 aliphatic rings. The Morgan fingerprint density at radius 2 is 1.94 bits per heavy atom. The van der Waals surface area contributed by atoms with E-state index in [1.165, 1.54) is 12.4 Å². The Balaban J connectivity index is 2.07. The van der Waals surface area contributed by atoms with Gasteiger partial charge in [0.25, 0.3) is 0 Å². The van der Waals surface area contributed by atoms with Crippen LogP contribution in [0.5, 0.6) is 5.75 Å². The molecule has 0 aliphatic heterocycles. The van der Waals surface area contributed by atoms with Crippen LogP contribution in [-0.2, 0) is 0 Å². The number of nitrogens with zero attached hydrogens (tertiary/aromatic N) is 3. The highest BCUT2D eigenvalue weighted by molar-refractivity contribution is 6.29. The van der Waals surface area contributed by atoms with Crippen LogP contribution < -0.4 is 15.6 Å². The highest BCUT2D eigenvalue weighted by Crippen LogP contribution is 2.13. The maximum atomic E-state index is 11.7. The normalized spacial score (nSPS) is 9.89. The summed E-state index contributed by atoms with van der Waals surface area (Å²) < 4.78 is 5.02. The van der Waals surface area contributed by atoms with Crippen LogP contribution >= 0.6 is 11.6 Å². The van der Waals surface area contributed by atoms with Crippen molar-refractivity contribution in [2.24, 2.45) is 5.84 Å². The predicted octanol–water partition coefficient (Wildman–Crippen LogP) is 2.01. The van der Waals surface area contributed by atoms with Gasteiger partial charge in [0.15, 0.2) is 5.82 Å². The third-order valence-electron chi connectivity index (χ3n) is 2.00. The molecule has 2 aromatic rings. The van der Waals surface area contributed by atoms with E-state index in [0.29, 0.717) is 5.75 Å². The number of hydrogen-bond donors (Lipinski definition) is 1. The summed E-state index contributed by atoms with van der Waals surface area (Å²) in [6, 6.07) is 8.57. The topological polar surface area (TPSA) is 81.3 Å². The summed E-state index contributed by atoms with van der Waals surface area (Å²) in [5.41, 5.74) is 0. The van der Waals surface area contributed by atoms with Crippen molar-refractivity contribution < 1.29 is 9.53 Å². The Kier molecular flexibility index (Phi) is 3.71. The van der Waals surface area contributed by atoms with Gasteiger partial charge in [0.05, 0.1) is 12.4 Å². The minimum absolute atomic E-state index is 0.139. The molecule has 2 rings (SSSR count). The maximum Gasteiger partial charge on any atom is 0.435 e. The molecule has 0 saturated carbocycles. The van der Waals surface area contributed by atoms with E-state index in [-0.39, 0.29) is 11.0 Å². The predicted molar refractivity (Wildman–Crippen MR) is 66.2 cm³/mol. The zero-order valence-corrected chi connectivity index (χ0v) is 9.91. The molecule has 0 saturated heterocycles. The van der Waals surface area contributed by atoms with E-state index < -0.39 is 6.09 Å². The van der Waals surface area contributed by atoms with Crippen LogP contribution in [0.3, 0.4) is 0 Å². The number of hydrogen-bond acceptors (Lipinski definition) is 5. The number of carbonyl (C=O) groups is 1. The lowest BCUT2D eigenvalue weighted by atomic mass is 10.3. The van der Waals surface area contributed by atoms with Crippen molar-refractivity contribution in [1.29, 1.82) is 0 Å². The maximum absolute atomic E-state index is 11.7. The average molecular weight is 265 g/mol. The van der Waals surface area contributed by atoms with Gasteiger partial charge in [-0.05, 0) is 12.1 Å². The van der Waals surface area contributed by atoms with Gasteiger partial charge in [0.2, 0.25) is 0 Å². The Labute approximate surface area is 108 Å². The van der Waals surface area contributed by atoms with Crippen LogP contribution in [0.25, 0.3) is 0 Å². The van der Waals surface area contributed by atoms with Crippen LogP contribution in [0.2, 0.25) is 5.15 Å². The summed E-state index contributed by atoms with van der Waals surface area (Å²) in [4.78, 5) is 19.3. The molecule has 0 unspecified atom stereocenters. The molecular weight excluding hydrogens is 256 g/mol. The molecule has 0 radical (unpaired) electrons. The molecule has 0 atom stereocenters. The number of hydrazine groups is 1. The van der Waals surface area contributed by atoms with Crippen molar-refractivity contribution in [2.75, 3.05) is 5.01 Å². The van der Waals surface area contributed by atoms with Gasteiger partial charge in [0, 0.05) is 0 Å². The zero-order valence-electron chi connectivity index (χ0n) is 9.15. The van der Waals surface area contributed by atoms with E-state index in [4.69, 9.17) is 22.2 Å². The molecule has 1 amide bonds. The molecule has 6 nitrogen and oxygen atoms in total. The van der Waals surface area contributed by atoms with Crippen molar-refractivity contribution in [1.82, 2.24) is 9.97 Å². The number of halogens is 1. The number of rotatable bonds is 2. The Morgan fingerprint density at radius 3 is 2.56 bits per heavy atom. The molecule has 7 heteroatoms. The summed E-state index contributed by atoms with van der Waals surface area (Å²) in [7, 11) is 0. The standard InChI is InChI=1S/C11H9ClN4O2/c12-9-6-15-10(7-14-9)16(13)11(17)18-8-4-2-1-3-5-8/h1-7H,13H2. The molecule has 0 aliphatic carbocycles. The SMILES string of the molecule is NN(C(=O)Oc1ccccc1)c1cnc(Cl)cn1. The van der Waals surface area contributed by atoms with Crippen molar-refractivity contribution in [3.05, 3.63) is 47.9 Å². The Morgan fingerprint density at radius 1 is 1.22 bits per heavy atom. The van der Waals surface area contributed by atoms with Crippen LogP contribution in [0.4, 0.5) is 10.6 Å². The molecule has 1 aromatic heterocycles. The number of aromatic nitrogens is 2. The van der Waals surface area contributed by atoms with Crippen LogP contribution in [0, 0.1) is 0 Å². The third-order valence-corrected chi connectivity index (χ3v) is 2.19. The lowest BCUT2D eigenvalue weighted by Crippen LogP contribution is -2.40. The number of benzene rings is 1. The van der Waals surface area contributed by atoms with Crippen LogP contribution in [-0.4, -0.2) is 16.1 Å². The van der Waals surface area contributed by atoms with Gasteiger partial charge in [0.1, 0.15) is 10.9 Å². The van der Waals surface area contributed by atoms with E-state index in [1.54, 1.807) is 24.3 Å².